The fourth-order valence-electron chi connectivity index (χ4n) is 1.66. The van der Waals surface area contributed by atoms with E-state index in [9.17, 15) is 4.79 Å². The third kappa shape index (κ3) is 4.12. The first-order chi connectivity index (χ1) is 10.1. The van der Waals surface area contributed by atoms with Crippen molar-refractivity contribution in [3.8, 4) is 5.75 Å². The molecule has 7 nitrogen and oxygen atoms in total. The lowest BCUT2D eigenvalue weighted by Gasteiger charge is -2.10. The van der Waals surface area contributed by atoms with Crippen molar-refractivity contribution >= 4 is 29.0 Å². The molecule has 8 heteroatoms. The fourth-order valence-corrected chi connectivity index (χ4v) is 2.49. The van der Waals surface area contributed by atoms with Crippen molar-refractivity contribution in [3.05, 3.63) is 24.5 Å². The third-order valence-electron chi connectivity index (χ3n) is 2.73. The van der Waals surface area contributed by atoms with E-state index in [0.717, 1.165) is 5.16 Å². The summed E-state index contributed by atoms with van der Waals surface area (Å²) >= 11 is 1.48. The summed E-state index contributed by atoms with van der Waals surface area (Å²) in [6, 6.07) is 5.11. The molecule has 1 heterocycles. The topological polar surface area (TPSA) is 95.1 Å². The summed E-state index contributed by atoms with van der Waals surface area (Å²) in [4.78, 5) is 11.9. The molecule has 0 radical (unpaired) electrons. The van der Waals surface area contributed by atoms with Crippen LogP contribution >= 0.6 is 11.8 Å². The van der Waals surface area contributed by atoms with Crippen LogP contribution in [0.1, 0.15) is 6.42 Å². The highest BCUT2D eigenvalue weighted by molar-refractivity contribution is 7.99. The minimum Gasteiger partial charge on any atom is -0.494 e. The average Bonchev–Trinajstić information content (AvgIpc) is 2.86. The lowest BCUT2D eigenvalue weighted by Crippen LogP contribution is -2.13. The monoisotopic (exact) mass is 307 g/mol. The summed E-state index contributed by atoms with van der Waals surface area (Å²) < 4.78 is 7.00. The number of ether oxygens (including phenoxy) is 1. The number of hydrogen-bond acceptors (Lipinski definition) is 6. The fraction of sp³-hybridized carbons (Fsp3) is 0.308. The van der Waals surface area contributed by atoms with Crippen molar-refractivity contribution in [1.82, 2.24) is 14.8 Å². The number of benzene rings is 1. The van der Waals surface area contributed by atoms with Crippen molar-refractivity contribution in [1.29, 1.82) is 0 Å². The SMILES string of the molecule is COc1cc(N)ccc1NC(=O)CCSc1nncn1C. The largest absolute Gasteiger partial charge is 0.494 e. The Morgan fingerprint density at radius 1 is 1.52 bits per heavy atom. The summed E-state index contributed by atoms with van der Waals surface area (Å²) in [5.74, 6) is 1.08. The van der Waals surface area contributed by atoms with E-state index < -0.39 is 0 Å². The first kappa shape index (κ1) is 15.2. The standard InChI is InChI=1S/C13H17N5O2S/c1-18-8-15-17-13(18)21-6-5-12(19)16-10-4-3-9(14)7-11(10)20-2/h3-4,7-8H,5-6,14H2,1-2H3,(H,16,19). The van der Waals surface area contributed by atoms with Crippen LogP contribution in [0.4, 0.5) is 11.4 Å². The summed E-state index contributed by atoms with van der Waals surface area (Å²) in [5, 5.41) is 11.3. The number of amides is 1. The first-order valence-corrected chi connectivity index (χ1v) is 7.29. The predicted octanol–water partition coefficient (Wildman–Crippen LogP) is 1.53. The Morgan fingerprint density at radius 2 is 2.33 bits per heavy atom. The van der Waals surface area contributed by atoms with Crippen LogP contribution in [0.25, 0.3) is 0 Å². The molecular formula is C13H17N5O2S. The first-order valence-electron chi connectivity index (χ1n) is 6.30. The van der Waals surface area contributed by atoms with Crippen LogP contribution in [-0.2, 0) is 11.8 Å². The van der Waals surface area contributed by atoms with Gasteiger partial charge >= 0.3 is 0 Å². The third-order valence-corrected chi connectivity index (χ3v) is 3.77. The van der Waals surface area contributed by atoms with Gasteiger partial charge in [-0.1, -0.05) is 11.8 Å². The lowest BCUT2D eigenvalue weighted by atomic mass is 10.2. The van der Waals surface area contributed by atoms with Gasteiger partial charge in [0.15, 0.2) is 5.16 Å². The summed E-state index contributed by atoms with van der Waals surface area (Å²) in [6.07, 6.45) is 1.99. The molecule has 0 spiro atoms. The summed E-state index contributed by atoms with van der Waals surface area (Å²) in [5.41, 5.74) is 6.87. The van der Waals surface area contributed by atoms with E-state index >= 15 is 0 Å². The van der Waals surface area contributed by atoms with E-state index in [2.05, 4.69) is 15.5 Å². The molecule has 0 saturated carbocycles. The smallest absolute Gasteiger partial charge is 0.225 e. The number of nitrogens with two attached hydrogens (primary N) is 1. The number of nitrogens with one attached hydrogen (secondary N) is 1. The minimum absolute atomic E-state index is 0.0901. The molecule has 112 valence electrons. The number of carbonyl (C=O) groups is 1. The Hall–Kier alpha value is -2.22. The van der Waals surface area contributed by atoms with Crippen molar-refractivity contribution in [3.63, 3.8) is 0 Å². The summed E-state index contributed by atoms with van der Waals surface area (Å²) in [6.45, 7) is 0. The highest BCUT2D eigenvalue weighted by Crippen LogP contribution is 2.26. The second-order valence-corrected chi connectivity index (χ2v) is 5.39. The van der Waals surface area contributed by atoms with Crippen LogP contribution in [0.5, 0.6) is 5.75 Å². The molecule has 0 atom stereocenters. The van der Waals surface area contributed by atoms with E-state index in [1.807, 2.05) is 11.6 Å². The van der Waals surface area contributed by atoms with Gasteiger partial charge in [0.05, 0.1) is 12.8 Å². The molecular weight excluding hydrogens is 290 g/mol. The molecule has 0 aliphatic carbocycles. The highest BCUT2D eigenvalue weighted by atomic mass is 32.2. The maximum Gasteiger partial charge on any atom is 0.225 e. The maximum atomic E-state index is 11.9. The number of nitrogens with zero attached hydrogens (tertiary/aromatic N) is 3. The number of carbonyl (C=O) groups excluding carboxylic acids is 1. The van der Waals surface area contributed by atoms with Gasteiger partial charge in [0.1, 0.15) is 12.1 Å². The zero-order valence-corrected chi connectivity index (χ0v) is 12.7. The molecule has 2 rings (SSSR count). The number of thioether (sulfide) groups is 1. The number of aryl methyl sites for hydroxylation is 1. The van der Waals surface area contributed by atoms with Gasteiger partial charge in [0.25, 0.3) is 0 Å². The van der Waals surface area contributed by atoms with Gasteiger partial charge in [-0.15, -0.1) is 10.2 Å². The number of anilines is 2. The zero-order valence-electron chi connectivity index (χ0n) is 11.9. The lowest BCUT2D eigenvalue weighted by molar-refractivity contribution is -0.115. The van der Waals surface area contributed by atoms with Crippen LogP contribution in [0.3, 0.4) is 0 Å². The Balaban J connectivity index is 1.86. The number of rotatable bonds is 6. The van der Waals surface area contributed by atoms with Gasteiger partial charge in [0, 0.05) is 31.0 Å². The van der Waals surface area contributed by atoms with Gasteiger partial charge in [-0.25, -0.2) is 0 Å². The van der Waals surface area contributed by atoms with Crippen molar-refractivity contribution in [2.45, 2.75) is 11.6 Å². The molecule has 0 unspecified atom stereocenters. The molecule has 0 saturated heterocycles. The van der Waals surface area contributed by atoms with E-state index in [1.54, 1.807) is 24.5 Å². The van der Waals surface area contributed by atoms with E-state index in [0.29, 0.717) is 29.3 Å². The quantitative estimate of drug-likeness (QED) is 0.621. The van der Waals surface area contributed by atoms with Crippen molar-refractivity contribution < 1.29 is 9.53 Å². The second kappa shape index (κ2) is 6.98. The molecule has 0 aliphatic rings. The van der Waals surface area contributed by atoms with Gasteiger partial charge in [-0.05, 0) is 12.1 Å². The zero-order chi connectivity index (χ0) is 15.2. The number of aromatic nitrogens is 3. The number of nitrogen functional groups attached to an aromatic ring is 1. The predicted molar refractivity (Wildman–Crippen MR) is 82.4 cm³/mol. The van der Waals surface area contributed by atoms with Crippen LogP contribution < -0.4 is 15.8 Å². The van der Waals surface area contributed by atoms with Crippen LogP contribution in [0.2, 0.25) is 0 Å². The molecule has 21 heavy (non-hydrogen) atoms. The maximum absolute atomic E-state index is 11.9. The van der Waals surface area contributed by atoms with Crippen LogP contribution in [0, 0.1) is 0 Å². The molecule has 2 aromatic rings. The van der Waals surface area contributed by atoms with Gasteiger partial charge in [-0.2, -0.15) is 0 Å². The molecule has 0 aliphatic heterocycles. The van der Waals surface area contributed by atoms with E-state index in [-0.39, 0.29) is 5.91 Å². The average molecular weight is 307 g/mol. The minimum atomic E-state index is -0.0901. The highest BCUT2D eigenvalue weighted by Gasteiger charge is 2.09. The van der Waals surface area contributed by atoms with Crippen LogP contribution in [-0.4, -0.2) is 33.5 Å². The number of hydrogen-bond donors (Lipinski definition) is 2. The van der Waals surface area contributed by atoms with Crippen molar-refractivity contribution in [2.75, 3.05) is 23.9 Å². The van der Waals surface area contributed by atoms with Gasteiger partial charge < -0.3 is 20.4 Å². The van der Waals surface area contributed by atoms with E-state index in [4.69, 9.17) is 10.5 Å². The second-order valence-electron chi connectivity index (χ2n) is 4.33. The Kier molecular flexibility index (Phi) is 5.04. The normalized spacial score (nSPS) is 10.4. The summed E-state index contributed by atoms with van der Waals surface area (Å²) in [7, 11) is 3.40. The van der Waals surface area contributed by atoms with Gasteiger partial charge in [0.2, 0.25) is 5.91 Å². The molecule has 1 aromatic carbocycles. The molecule has 1 amide bonds. The Bertz CT molecular complexity index is 629. The molecule has 1 aromatic heterocycles. The van der Waals surface area contributed by atoms with E-state index in [1.165, 1.54) is 18.9 Å². The molecule has 0 bridgehead atoms. The van der Waals surface area contributed by atoms with Crippen LogP contribution in [0.15, 0.2) is 29.7 Å². The molecule has 0 fully saturated rings. The Labute approximate surface area is 126 Å². The molecule has 3 N–H and O–H groups in total. The number of methoxy groups -OCH3 is 1. The Morgan fingerprint density at radius 3 is 3.00 bits per heavy atom. The van der Waals surface area contributed by atoms with Crippen molar-refractivity contribution in [2.24, 2.45) is 7.05 Å². The van der Waals surface area contributed by atoms with Gasteiger partial charge in [-0.3, -0.25) is 4.79 Å².